The van der Waals surface area contributed by atoms with Crippen LogP contribution in [0.3, 0.4) is 0 Å². The first-order chi connectivity index (χ1) is 18.0. The number of ether oxygens (including phenoxy) is 1. The normalized spacial score (nSPS) is 22.6. The van der Waals surface area contributed by atoms with Gasteiger partial charge in [0.05, 0.1) is 19.4 Å². The van der Waals surface area contributed by atoms with Gasteiger partial charge in [0.1, 0.15) is 12.3 Å². The van der Waals surface area contributed by atoms with Gasteiger partial charge in [-0.15, -0.1) is 11.8 Å². The summed E-state index contributed by atoms with van der Waals surface area (Å²) < 4.78 is 41.9. The van der Waals surface area contributed by atoms with Crippen molar-refractivity contribution in [3.05, 3.63) is 32.9 Å². The minimum Gasteiger partial charge on any atom is -0.379 e. The van der Waals surface area contributed by atoms with Crippen molar-refractivity contribution in [3.8, 4) is 11.8 Å². The van der Waals surface area contributed by atoms with Gasteiger partial charge in [-0.05, 0) is 13.3 Å². The van der Waals surface area contributed by atoms with Gasteiger partial charge in [-0.25, -0.2) is 9.36 Å². The van der Waals surface area contributed by atoms with Crippen LogP contribution in [0.25, 0.3) is 0 Å². The molecule has 1 aliphatic heterocycles. The summed E-state index contributed by atoms with van der Waals surface area (Å²) in [6, 6.07) is 0. The molecule has 3 N–H and O–H groups in total. The second-order valence-electron chi connectivity index (χ2n) is 9.33. The van der Waals surface area contributed by atoms with E-state index in [-0.39, 0.29) is 13.0 Å². The Kier molecular flexibility index (Phi) is 13.1. The zero-order valence-electron chi connectivity index (χ0n) is 21.9. The average Bonchev–Trinajstić information content (AvgIpc) is 3.20. The summed E-state index contributed by atoms with van der Waals surface area (Å²) in [5, 5.41) is 10.8. The van der Waals surface area contributed by atoms with Crippen LogP contribution in [0, 0.1) is 17.7 Å². The molecule has 1 aromatic rings. The summed E-state index contributed by atoms with van der Waals surface area (Å²) in [4.78, 5) is 47.1. The Morgan fingerprint density at radius 1 is 1.18 bits per heavy atom. The van der Waals surface area contributed by atoms with Crippen molar-refractivity contribution in [2.45, 2.75) is 102 Å². The van der Waals surface area contributed by atoms with Crippen molar-refractivity contribution in [2.24, 2.45) is 0 Å². The highest BCUT2D eigenvalue weighted by atomic mass is 31.2. The lowest BCUT2D eigenvalue weighted by molar-refractivity contribution is -0.144. The van der Waals surface area contributed by atoms with E-state index in [9.17, 15) is 33.3 Å². The Morgan fingerprint density at radius 2 is 1.82 bits per heavy atom. The molecular weight excluding hydrogens is 522 g/mol. The molecule has 0 saturated carbocycles. The summed E-state index contributed by atoms with van der Waals surface area (Å²) in [6.07, 6.45) is 7.92. The average molecular weight is 561 g/mol. The van der Waals surface area contributed by atoms with Crippen LogP contribution < -0.4 is 11.2 Å². The zero-order valence-corrected chi connectivity index (χ0v) is 22.8. The van der Waals surface area contributed by atoms with E-state index in [1.54, 1.807) is 4.98 Å². The quantitative estimate of drug-likeness (QED) is 0.157. The minimum atomic E-state index is -4.58. The van der Waals surface area contributed by atoms with E-state index >= 15 is 0 Å². The largest absolute Gasteiger partial charge is 0.472 e. The number of hydrogen-bond donors (Lipinski definition) is 3. The van der Waals surface area contributed by atoms with Gasteiger partial charge in [-0.1, -0.05) is 51.9 Å². The van der Waals surface area contributed by atoms with Crippen LogP contribution >= 0.6 is 7.82 Å². The standard InChI is InChI=1S/C25H38FN2O9P/c1-3-4-5-6-7-8-9-10-11-12-13-14-15-35-38(33,34)36-18-21-25(32,19(2)29)16-22(37-21)28-17-20(26)23(30)27-24(28)31/h17,21-22,32H,3-11,14-16,18H2,1-2H3,(H,33,34)(H,27,30,31)/t21-,22-,25-/m1/s1. The lowest BCUT2D eigenvalue weighted by Gasteiger charge is -2.25. The number of nitrogens with one attached hydrogen (secondary N) is 1. The molecule has 0 aromatic carbocycles. The monoisotopic (exact) mass is 560 g/mol. The number of aliphatic hydroxyl groups is 1. The zero-order chi connectivity index (χ0) is 28.2. The summed E-state index contributed by atoms with van der Waals surface area (Å²) in [5.41, 5.74) is -4.45. The molecule has 38 heavy (non-hydrogen) atoms. The number of carbonyl (C=O) groups is 1. The molecule has 0 bridgehead atoms. The molecule has 214 valence electrons. The third-order valence-electron chi connectivity index (χ3n) is 6.33. The fraction of sp³-hybridized carbons (Fsp3) is 0.720. The SMILES string of the molecule is CCCCCCCCCCC#CCCOP(=O)(O)OC[C@H]1O[C@@H](n2cc(F)c(=O)[nH]c2=O)C[C@@]1(O)C(C)=O. The smallest absolute Gasteiger partial charge is 0.379 e. The van der Waals surface area contributed by atoms with Gasteiger partial charge in [0.2, 0.25) is 5.82 Å². The molecule has 0 amide bonds. The van der Waals surface area contributed by atoms with Gasteiger partial charge in [-0.3, -0.25) is 28.2 Å². The van der Waals surface area contributed by atoms with Crippen LogP contribution in [0.1, 0.15) is 90.7 Å². The van der Waals surface area contributed by atoms with Gasteiger partial charge in [-0.2, -0.15) is 4.39 Å². The third-order valence-corrected chi connectivity index (χ3v) is 7.32. The fourth-order valence-electron chi connectivity index (χ4n) is 4.07. The van der Waals surface area contributed by atoms with Crippen LogP contribution in [0.5, 0.6) is 0 Å². The van der Waals surface area contributed by atoms with E-state index in [0.717, 1.165) is 26.2 Å². The maximum atomic E-state index is 13.7. The number of rotatable bonds is 16. The van der Waals surface area contributed by atoms with Crippen molar-refractivity contribution in [1.29, 1.82) is 0 Å². The third kappa shape index (κ3) is 9.88. The van der Waals surface area contributed by atoms with Crippen molar-refractivity contribution < 1.29 is 37.5 Å². The van der Waals surface area contributed by atoms with E-state index in [1.165, 1.54) is 38.5 Å². The van der Waals surface area contributed by atoms with Crippen molar-refractivity contribution in [1.82, 2.24) is 9.55 Å². The number of H-pyrrole nitrogens is 1. The van der Waals surface area contributed by atoms with Crippen molar-refractivity contribution >= 4 is 13.6 Å². The van der Waals surface area contributed by atoms with Crippen LogP contribution in [0.2, 0.25) is 0 Å². The van der Waals surface area contributed by atoms with E-state index < -0.39 is 61.6 Å². The van der Waals surface area contributed by atoms with Gasteiger partial charge in [0, 0.05) is 19.3 Å². The summed E-state index contributed by atoms with van der Waals surface area (Å²) in [5.74, 6) is 3.86. The number of Topliss-reactive ketones (excluding diaryl/α,β-unsaturated/α-hetero) is 1. The predicted molar refractivity (Wildman–Crippen MR) is 137 cm³/mol. The molecular formula is C25H38FN2O9P. The van der Waals surface area contributed by atoms with Gasteiger partial charge >= 0.3 is 13.5 Å². The molecule has 2 heterocycles. The van der Waals surface area contributed by atoms with Crippen molar-refractivity contribution in [3.63, 3.8) is 0 Å². The molecule has 2 rings (SSSR count). The molecule has 0 radical (unpaired) electrons. The number of nitrogens with zero attached hydrogens (tertiary/aromatic N) is 1. The molecule has 13 heteroatoms. The summed E-state index contributed by atoms with van der Waals surface area (Å²) in [7, 11) is -4.58. The lowest BCUT2D eigenvalue weighted by Crippen LogP contribution is -2.47. The molecule has 0 spiro atoms. The highest BCUT2D eigenvalue weighted by Crippen LogP contribution is 2.45. The number of carbonyl (C=O) groups excluding carboxylic acids is 1. The Labute approximate surface area is 221 Å². The minimum absolute atomic E-state index is 0.171. The molecule has 11 nitrogen and oxygen atoms in total. The number of aromatic nitrogens is 2. The van der Waals surface area contributed by atoms with Crippen LogP contribution in [-0.2, 0) is 23.1 Å². The number of unbranched alkanes of at least 4 members (excludes halogenated alkanes) is 8. The number of ketones is 1. The first kappa shape index (κ1) is 32.1. The number of aromatic amines is 1. The van der Waals surface area contributed by atoms with Gasteiger partial charge in [0.15, 0.2) is 11.4 Å². The highest BCUT2D eigenvalue weighted by molar-refractivity contribution is 7.47. The first-order valence-electron chi connectivity index (χ1n) is 13.0. The van der Waals surface area contributed by atoms with E-state index in [4.69, 9.17) is 13.8 Å². The Morgan fingerprint density at radius 3 is 2.47 bits per heavy atom. The second kappa shape index (κ2) is 15.5. The molecule has 1 aliphatic rings. The Balaban J connectivity index is 1.78. The van der Waals surface area contributed by atoms with Crippen LogP contribution in [0.4, 0.5) is 4.39 Å². The van der Waals surface area contributed by atoms with Crippen molar-refractivity contribution in [2.75, 3.05) is 13.2 Å². The number of hydrogen-bond acceptors (Lipinski definition) is 8. The van der Waals surface area contributed by atoms with E-state index in [2.05, 4.69) is 18.8 Å². The molecule has 1 saturated heterocycles. The fourth-order valence-corrected chi connectivity index (χ4v) is 4.79. The Hall–Kier alpha value is -2.13. The van der Waals surface area contributed by atoms with Gasteiger partial charge < -0.3 is 14.7 Å². The van der Waals surface area contributed by atoms with Crippen LogP contribution in [-0.4, -0.2) is 50.3 Å². The highest BCUT2D eigenvalue weighted by Gasteiger charge is 2.52. The predicted octanol–water partition coefficient (Wildman–Crippen LogP) is 3.34. The number of phosphoric ester groups is 1. The summed E-state index contributed by atoms with van der Waals surface area (Å²) >= 11 is 0. The maximum absolute atomic E-state index is 13.7. The summed E-state index contributed by atoms with van der Waals surface area (Å²) in [6.45, 7) is 2.36. The first-order valence-corrected chi connectivity index (χ1v) is 14.5. The maximum Gasteiger partial charge on any atom is 0.472 e. The van der Waals surface area contributed by atoms with E-state index in [0.29, 0.717) is 10.8 Å². The van der Waals surface area contributed by atoms with Gasteiger partial charge in [0.25, 0.3) is 5.56 Å². The molecule has 0 aliphatic carbocycles. The number of phosphoric acid groups is 1. The molecule has 1 fully saturated rings. The Bertz CT molecular complexity index is 1140. The lowest BCUT2D eigenvalue weighted by atomic mass is 9.91. The number of halogens is 1. The van der Waals surface area contributed by atoms with E-state index in [1.807, 2.05) is 0 Å². The molecule has 1 aromatic heterocycles. The topological polar surface area (TPSA) is 157 Å². The second-order valence-corrected chi connectivity index (χ2v) is 10.8. The molecule has 1 unspecified atom stereocenters. The van der Waals surface area contributed by atoms with Crippen LogP contribution in [0.15, 0.2) is 15.8 Å². The molecule has 4 atom stereocenters.